The summed E-state index contributed by atoms with van der Waals surface area (Å²) in [6.45, 7) is 2.32. The molecule has 5 nitrogen and oxygen atoms in total. The van der Waals surface area contributed by atoms with E-state index in [4.69, 9.17) is 0 Å². The van der Waals surface area contributed by atoms with Gasteiger partial charge in [0, 0.05) is 19.3 Å². The smallest absolute Gasteiger partial charge is 0.305 e. The fourth-order valence-electron chi connectivity index (χ4n) is 2.25. The summed E-state index contributed by atoms with van der Waals surface area (Å²) in [5.41, 5.74) is 1.55. The SMILES string of the molecule is Cc1c(CN(C)C)c(=O)n(C)c(=O)n1-c1ccccc1. The van der Waals surface area contributed by atoms with E-state index < -0.39 is 0 Å². The molecule has 0 aliphatic carbocycles. The number of nitrogens with zero attached hydrogens (tertiary/aromatic N) is 3. The van der Waals surface area contributed by atoms with Gasteiger partial charge in [0.15, 0.2) is 0 Å². The Morgan fingerprint density at radius 1 is 1.10 bits per heavy atom. The van der Waals surface area contributed by atoms with Crippen LogP contribution in [-0.4, -0.2) is 28.1 Å². The molecule has 0 spiro atoms. The zero-order valence-corrected chi connectivity index (χ0v) is 12.3. The van der Waals surface area contributed by atoms with E-state index in [2.05, 4.69) is 0 Å². The Hall–Kier alpha value is -2.14. The van der Waals surface area contributed by atoms with Crippen molar-refractivity contribution in [1.29, 1.82) is 0 Å². The summed E-state index contributed by atoms with van der Waals surface area (Å²) in [6.07, 6.45) is 0. The quantitative estimate of drug-likeness (QED) is 0.835. The topological polar surface area (TPSA) is 47.2 Å². The molecule has 5 heteroatoms. The maximum absolute atomic E-state index is 12.4. The number of para-hydroxylation sites is 1. The second-order valence-electron chi connectivity index (χ2n) is 5.12. The first-order chi connectivity index (χ1) is 9.43. The highest BCUT2D eigenvalue weighted by atomic mass is 16.2. The zero-order chi connectivity index (χ0) is 14.9. The van der Waals surface area contributed by atoms with Gasteiger partial charge in [-0.05, 0) is 33.2 Å². The first-order valence-corrected chi connectivity index (χ1v) is 6.45. The summed E-state index contributed by atoms with van der Waals surface area (Å²) in [5, 5.41) is 0. The van der Waals surface area contributed by atoms with Gasteiger partial charge in [0.05, 0.1) is 11.3 Å². The lowest BCUT2D eigenvalue weighted by Crippen LogP contribution is -2.41. The van der Waals surface area contributed by atoms with Crippen LogP contribution in [0.1, 0.15) is 11.3 Å². The second-order valence-corrected chi connectivity index (χ2v) is 5.12. The predicted molar refractivity (Wildman–Crippen MR) is 79.4 cm³/mol. The molecule has 0 amide bonds. The van der Waals surface area contributed by atoms with Gasteiger partial charge in [-0.1, -0.05) is 18.2 Å². The maximum atomic E-state index is 12.4. The standard InChI is InChI=1S/C15H19N3O2/c1-11-13(10-16(2)3)14(19)17(4)15(20)18(11)12-8-6-5-7-9-12/h5-9H,10H2,1-4H3. The summed E-state index contributed by atoms with van der Waals surface area (Å²) in [5.74, 6) is 0. The highest BCUT2D eigenvalue weighted by Gasteiger charge is 2.15. The van der Waals surface area contributed by atoms with Crippen LogP contribution < -0.4 is 11.2 Å². The molecule has 0 fully saturated rings. The Bertz CT molecular complexity index is 727. The van der Waals surface area contributed by atoms with Gasteiger partial charge in [-0.25, -0.2) is 4.79 Å². The van der Waals surface area contributed by atoms with Gasteiger partial charge in [0.2, 0.25) is 0 Å². The molecule has 106 valence electrons. The molecule has 0 saturated carbocycles. The second kappa shape index (κ2) is 5.46. The number of aromatic nitrogens is 2. The van der Waals surface area contributed by atoms with E-state index in [-0.39, 0.29) is 11.2 Å². The summed E-state index contributed by atoms with van der Waals surface area (Å²) in [6, 6.07) is 9.36. The molecule has 0 aliphatic rings. The minimum atomic E-state index is -0.318. The largest absolute Gasteiger partial charge is 0.335 e. The Morgan fingerprint density at radius 2 is 1.70 bits per heavy atom. The van der Waals surface area contributed by atoms with E-state index in [0.29, 0.717) is 17.8 Å². The monoisotopic (exact) mass is 273 g/mol. The molecule has 0 bridgehead atoms. The van der Waals surface area contributed by atoms with Crippen LogP contribution in [0, 0.1) is 6.92 Å². The molecule has 0 unspecified atom stereocenters. The highest BCUT2D eigenvalue weighted by molar-refractivity contribution is 5.35. The van der Waals surface area contributed by atoms with Crippen LogP contribution in [0.15, 0.2) is 39.9 Å². The molecule has 0 saturated heterocycles. The van der Waals surface area contributed by atoms with Crippen LogP contribution in [0.25, 0.3) is 5.69 Å². The van der Waals surface area contributed by atoms with Crippen molar-refractivity contribution < 1.29 is 0 Å². The van der Waals surface area contributed by atoms with Crippen molar-refractivity contribution >= 4 is 0 Å². The maximum Gasteiger partial charge on any atom is 0.335 e. The van der Waals surface area contributed by atoms with Gasteiger partial charge in [0.25, 0.3) is 5.56 Å². The zero-order valence-electron chi connectivity index (χ0n) is 12.3. The minimum absolute atomic E-state index is 0.228. The molecule has 1 aromatic heterocycles. The Morgan fingerprint density at radius 3 is 2.25 bits per heavy atom. The van der Waals surface area contributed by atoms with Crippen molar-refractivity contribution in [2.75, 3.05) is 14.1 Å². The molecule has 1 aromatic carbocycles. The molecular weight excluding hydrogens is 254 g/mol. The van der Waals surface area contributed by atoms with E-state index in [1.165, 1.54) is 11.6 Å². The van der Waals surface area contributed by atoms with Gasteiger partial charge in [-0.2, -0.15) is 0 Å². The van der Waals surface area contributed by atoms with E-state index in [0.717, 1.165) is 5.69 Å². The lowest BCUT2D eigenvalue weighted by molar-refractivity contribution is 0.395. The fraction of sp³-hybridized carbons (Fsp3) is 0.333. The molecule has 0 N–H and O–H groups in total. The van der Waals surface area contributed by atoms with Crippen molar-refractivity contribution in [3.8, 4) is 5.69 Å². The van der Waals surface area contributed by atoms with Crippen LogP contribution in [-0.2, 0) is 13.6 Å². The van der Waals surface area contributed by atoms with Crippen LogP contribution in [0.3, 0.4) is 0 Å². The normalized spacial score (nSPS) is 11.1. The Labute approximate surface area is 117 Å². The molecule has 1 heterocycles. The first kappa shape index (κ1) is 14.3. The predicted octanol–water partition coefficient (Wildman–Crippen LogP) is 0.906. The number of rotatable bonds is 3. The van der Waals surface area contributed by atoms with Crippen molar-refractivity contribution in [1.82, 2.24) is 14.0 Å². The summed E-state index contributed by atoms with van der Waals surface area (Å²) < 4.78 is 2.75. The summed E-state index contributed by atoms with van der Waals surface area (Å²) >= 11 is 0. The lowest BCUT2D eigenvalue weighted by Gasteiger charge is -2.17. The third-order valence-electron chi connectivity index (χ3n) is 3.30. The third kappa shape index (κ3) is 2.44. The highest BCUT2D eigenvalue weighted by Crippen LogP contribution is 2.10. The summed E-state index contributed by atoms with van der Waals surface area (Å²) in [4.78, 5) is 26.5. The third-order valence-corrected chi connectivity index (χ3v) is 3.30. The Kier molecular flexibility index (Phi) is 3.90. The van der Waals surface area contributed by atoms with Gasteiger partial charge >= 0.3 is 5.69 Å². The van der Waals surface area contributed by atoms with Crippen molar-refractivity contribution in [3.63, 3.8) is 0 Å². The van der Waals surface area contributed by atoms with E-state index >= 15 is 0 Å². The molecule has 2 aromatic rings. The first-order valence-electron chi connectivity index (χ1n) is 6.45. The molecule has 0 atom stereocenters. The average molecular weight is 273 g/mol. The van der Waals surface area contributed by atoms with Gasteiger partial charge in [0.1, 0.15) is 0 Å². The van der Waals surface area contributed by atoms with E-state index in [1.54, 1.807) is 4.57 Å². The van der Waals surface area contributed by atoms with E-state index in [9.17, 15) is 9.59 Å². The van der Waals surface area contributed by atoms with Gasteiger partial charge < -0.3 is 4.90 Å². The number of hydrogen-bond donors (Lipinski definition) is 0. The average Bonchev–Trinajstić information content (AvgIpc) is 2.42. The van der Waals surface area contributed by atoms with Crippen LogP contribution >= 0.6 is 0 Å². The van der Waals surface area contributed by atoms with E-state index in [1.807, 2.05) is 56.3 Å². The van der Waals surface area contributed by atoms with Gasteiger partial charge in [-0.3, -0.25) is 13.9 Å². The molecular formula is C15H19N3O2. The van der Waals surface area contributed by atoms with Crippen molar-refractivity contribution in [3.05, 3.63) is 62.4 Å². The summed E-state index contributed by atoms with van der Waals surface area (Å²) in [7, 11) is 5.32. The molecule has 20 heavy (non-hydrogen) atoms. The van der Waals surface area contributed by atoms with Crippen molar-refractivity contribution in [2.24, 2.45) is 7.05 Å². The number of benzene rings is 1. The lowest BCUT2D eigenvalue weighted by atomic mass is 10.2. The van der Waals surface area contributed by atoms with Crippen LogP contribution in [0.5, 0.6) is 0 Å². The minimum Gasteiger partial charge on any atom is -0.305 e. The van der Waals surface area contributed by atoms with Crippen LogP contribution in [0.2, 0.25) is 0 Å². The fourth-order valence-corrected chi connectivity index (χ4v) is 2.25. The Balaban J connectivity index is 2.79. The molecule has 0 radical (unpaired) electrons. The molecule has 2 rings (SSSR count). The van der Waals surface area contributed by atoms with Crippen LogP contribution in [0.4, 0.5) is 0 Å². The number of hydrogen-bond acceptors (Lipinski definition) is 3. The molecule has 0 aliphatic heterocycles. The van der Waals surface area contributed by atoms with Crippen molar-refractivity contribution in [2.45, 2.75) is 13.5 Å². The van der Waals surface area contributed by atoms with Gasteiger partial charge in [-0.15, -0.1) is 0 Å².